The fourth-order valence-corrected chi connectivity index (χ4v) is 1.77. The van der Waals surface area contributed by atoms with Crippen LogP contribution in [-0.4, -0.2) is 47.0 Å². The molecule has 0 bridgehead atoms. The van der Waals surface area contributed by atoms with Gasteiger partial charge in [0.25, 0.3) is 0 Å². The number of nitrogens with one attached hydrogen (secondary N) is 3. The van der Waals surface area contributed by atoms with Crippen LogP contribution < -0.4 is 16.0 Å². The monoisotopic (exact) mass is 251 g/mol. The Morgan fingerprint density at radius 3 is 3.17 bits per heavy atom. The second-order valence-electron chi connectivity index (χ2n) is 4.18. The fraction of sp³-hybridized carbons (Fsp3) is 0.545. The molecule has 0 aliphatic carbocycles. The smallest absolute Gasteiger partial charge is 0.238 e. The van der Waals surface area contributed by atoms with Crippen LogP contribution in [0.1, 0.15) is 6.42 Å². The van der Waals surface area contributed by atoms with Gasteiger partial charge in [-0.3, -0.25) is 14.9 Å². The summed E-state index contributed by atoms with van der Waals surface area (Å²) in [5, 5.41) is 8.38. The van der Waals surface area contributed by atoms with Gasteiger partial charge in [0.1, 0.15) is 6.04 Å². The van der Waals surface area contributed by atoms with E-state index in [4.69, 9.17) is 0 Å². The lowest BCUT2D eigenvalue weighted by molar-refractivity contribution is -0.126. The van der Waals surface area contributed by atoms with Crippen molar-refractivity contribution in [2.45, 2.75) is 19.0 Å². The van der Waals surface area contributed by atoms with Crippen molar-refractivity contribution in [3.63, 3.8) is 0 Å². The van der Waals surface area contributed by atoms with Crippen LogP contribution in [0.2, 0.25) is 0 Å². The molecule has 1 aromatic rings. The summed E-state index contributed by atoms with van der Waals surface area (Å²) >= 11 is 0. The van der Waals surface area contributed by atoms with Crippen molar-refractivity contribution in [2.75, 3.05) is 19.6 Å². The molecule has 1 unspecified atom stereocenters. The van der Waals surface area contributed by atoms with Crippen molar-refractivity contribution in [1.82, 2.24) is 25.5 Å². The van der Waals surface area contributed by atoms with Crippen molar-refractivity contribution in [3.05, 3.63) is 18.7 Å². The van der Waals surface area contributed by atoms with Gasteiger partial charge in [0, 0.05) is 32.0 Å². The van der Waals surface area contributed by atoms with Crippen LogP contribution in [0.25, 0.3) is 0 Å². The Morgan fingerprint density at radius 2 is 2.50 bits per heavy atom. The predicted octanol–water partition coefficient (Wildman–Crippen LogP) is -1.52. The Balaban J connectivity index is 1.61. The maximum atomic E-state index is 11.7. The summed E-state index contributed by atoms with van der Waals surface area (Å²) < 4.78 is 1.96. The number of amides is 2. The van der Waals surface area contributed by atoms with Crippen LogP contribution in [0.15, 0.2) is 18.7 Å². The molecule has 2 amide bonds. The molecule has 1 fully saturated rings. The lowest BCUT2D eigenvalue weighted by atomic mass is 10.2. The van der Waals surface area contributed by atoms with Gasteiger partial charge in [-0.05, 0) is 6.42 Å². The Bertz CT molecular complexity index is 394. The van der Waals surface area contributed by atoms with E-state index in [0.29, 0.717) is 13.1 Å². The van der Waals surface area contributed by atoms with Gasteiger partial charge < -0.3 is 15.2 Å². The van der Waals surface area contributed by atoms with E-state index in [0.717, 1.165) is 13.0 Å². The lowest BCUT2D eigenvalue weighted by Gasteiger charge is -2.23. The van der Waals surface area contributed by atoms with Gasteiger partial charge in [-0.25, -0.2) is 4.98 Å². The van der Waals surface area contributed by atoms with E-state index in [-0.39, 0.29) is 24.4 Å². The molecule has 1 atom stereocenters. The first-order valence-corrected chi connectivity index (χ1v) is 5.99. The van der Waals surface area contributed by atoms with Crippen molar-refractivity contribution in [2.24, 2.45) is 0 Å². The second-order valence-corrected chi connectivity index (χ2v) is 4.18. The average Bonchev–Trinajstić information content (AvgIpc) is 2.88. The Hall–Kier alpha value is -1.89. The number of aromatic nitrogens is 2. The number of hydrogen-bond acceptors (Lipinski definition) is 4. The summed E-state index contributed by atoms with van der Waals surface area (Å²) in [5.74, 6) is -0.139. The molecule has 1 aliphatic heterocycles. The van der Waals surface area contributed by atoms with Gasteiger partial charge in [0.15, 0.2) is 0 Å². The Labute approximate surface area is 105 Å². The number of carbonyl (C=O) groups is 2. The minimum Gasteiger partial charge on any atom is -0.355 e. The first-order valence-electron chi connectivity index (χ1n) is 5.99. The summed E-state index contributed by atoms with van der Waals surface area (Å²) in [4.78, 5) is 26.6. The molecule has 0 saturated carbocycles. The van der Waals surface area contributed by atoms with Gasteiger partial charge in [0.2, 0.25) is 11.8 Å². The van der Waals surface area contributed by atoms with Crippen LogP contribution in [0.4, 0.5) is 0 Å². The number of aryl methyl sites for hydroxylation is 1. The van der Waals surface area contributed by atoms with Crippen molar-refractivity contribution >= 4 is 11.8 Å². The molecule has 7 nitrogen and oxygen atoms in total. The maximum absolute atomic E-state index is 11.7. The van der Waals surface area contributed by atoms with Crippen LogP contribution in [0.3, 0.4) is 0 Å². The maximum Gasteiger partial charge on any atom is 0.238 e. The molecule has 2 rings (SSSR count). The van der Waals surface area contributed by atoms with E-state index in [9.17, 15) is 9.59 Å². The summed E-state index contributed by atoms with van der Waals surface area (Å²) in [7, 11) is 0. The second kappa shape index (κ2) is 6.15. The molecule has 18 heavy (non-hydrogen) atoms. The minimum absolute atomic E-state index is 0.0689. The van der Waals surface area contributed by atoms with Crippen molar-refractivity contribution in [1.29, 1.82) is 0 Å². The van der Waals surface area contributed by atoms with E-state index in [1.165, 1.54) is 0 Å². The summed E-state index contributed by atoms with van der Waals surface area (Å²) in [6, 6.07) is -0.323. The number of piperazine rings is 1. The third-order valence-electron chi connectivity index (χ3n) is 2.78. The first-order chi connectivity index (χ1) is 8.75. The molecule has 3 N–H and O–H groups in total. The molecule has 7 heteroatoms. The largest absolute Gasteiger partial charge is 0.355 e. The van der Waals surface area contributed by atoms with E-state index < -0.39 is 0 Å². The number of nitrogens with zero attached hydrogens (tertiary/aromatic N) is 2. The van der Waals surface area contributed by atoms with E-state index in [1.54, 1.807) is 12.5 Å². The van der Waals surface area contributed by atoms with Gasteiger partial charge in [-0.2, -0.15) is 0 Å². The average molecular weight is 251 g/mol. The van der Waals surface area contributed by atoms with Crippen LogP contribution in [0.5, 0.6) is 0 Å². The molecule has 0 aromatic carbocycles. The molecular formula is C11H17N5O2. The van der Waals surface area contributed by atoms with Crippen LogP contribution in [0, 0.1) is 0 Å². The summed E-state index contributed by atoms with van der Waals surface area (Å²) in [6.45, 7) is 2.00. The molecular weight excluding hydrogens is 234 g/mol. The van der Waals surface area contributed by atoms with Crippen LogP contribution >= 0.6 is 0 Å². The lowest BCUT2D eigenvalue weighted by Crippen LogP contribution is -2.58. The standard InChI is InChI=1S/C11H17N5O2/c17-10-7-14-9(6-15-10)11(18)13-2-1-4-16-5-3-12-8-16/h3,5,8-9,14H,1-2,4,6-7H2,(H,13,18)(H,15,17). The zero-order valence-electron chi connectivity index (χ0n) is 10.1. The number of rotatable bonds is 5. The molecule has 1 saturated heterocycles. The van der Waals surface area contributed by atoms with Gasteiger partial charge in [-0.15, -0.1) is 0 Å². The summed E-state index contributed by atoms with van der Waals surface area (Å²) in [5.41, 5.74) is 0. The third-order valence-corrected chi connectivity index (χ3v) is 2.78. The van der Waals surface area contributed by atoms with E-state index >= 15 is 0 Å². The highest BCUT2D eigenvalue weighted by atomic mass is 16.2. The van der Waals surface area contributed by atoms with Crippen LogP contribution in [-0.2, 0) is 16.1 Å². The highest BCUT2D eigenvalue weighted by molar-refractivity contribution is 5.86. The molecule has 0 spiro atoms. The van der Waals surface area contributed by atoms with E-state index in [2.05, 4.69) is 20.9 Å². The van der Waals surface area contributed by atoms with Gasteiger partial charge in [-0.1, -0.05) is 0 Å². The number of imidazole rings is 1. The highest BCUT2D eigenvalue weighted by Gasteiger charge is 2.22. The molecule has 1 aromatic heterocycles. The summed E-state index contributed by atoms with van der Waals surface area (Å²) in [6.07, 6.45) is 6.22. The first kappa shape index (κ1) is 12.6. The van der Waals surface area contributed by atoms with Crippen molar-refractivity contribution < 1.29 is 9.59 Å². The zero-order valence-corrected chi connectivity index (χ0v) is 10.1. The predicted molar refractivity (Wildman–Crippen MR) is 64.7 cm³/mol. The Kier molecular flexibility index (Phi) is 4.30. The molecule has 1 aliphatic rings. The van der Waals surface area contributed by atoms with Crippen molar-refractivity contribution in [3.8, 4) is 0 Å². The highest BCUT2D eigenvalue weighted by Crippen LogP contribution is 1.91. The molecule has 98 valence electrons. The SMILES string of the molecule is O=C1CNC(C(=O)NCCCn2ccnc2)CN1. The normalized spacial score (nSPS) is 19.3. The van der Waals surface area contributed by atoms with Gasteiger partial charge >= 0.3 is 0 Å². The molecule has 0 radical (unpaired) electrons. The molecule has 2 heterocycles. The quantitative estimate of drug-likeness (QED) is 0.554. The number of carbonyl (C=O) groups excluding carboxylic acids is 2. The number of hydrogen-bond donors (Lipinski definition) is 3. The topological polar surface area (TPSA) is 88.1 Å². The minimum atomic E-state index is -0.323. The fourth-order valence-electron chi connectivity index (χ4n) is 1.77. The third kappa shape index (κ3) is 3.56. The zero-order chi connectivity index (χ0) is 12.8. The van der Waals surface area contributed by atoms with Gasteiger partial charge in [0.05, 0.1) is 12.9 Å². The van der Waals surface area contributed by atoms with E-state index in [1.807, 2.05) is 10.8 Å². The Morgan fingerprint density at radius 1 is 1.61 bits per heavy atom.